The predicted molar refractivity (Wildman–Crippen MR) is 102 cm³/mol. The van der Waals surface area contributed by atoms with Crippen LogP contribution in [0.4, 0.5) is 4.39 Å². The molecule has 2 amide bonds. The van der Waals surface area contributed by atoms with Gasteiger partial charge in [0.15, 0.2) is 18.2 Å². The van der Waals surface area contributed by atoms with Crippen LogP contribution in [0.15, 0.2) is 54.6 Å². The second-order valence-electron chi connectivity index (χ2n) is 6.19. The Balaban J connectivity index is 2.11. The van der Waals surface area contributed by atoms with Gasteiger partial charge in [-0.1, -0.05) is 49.4 Å². The first-order valence-electron chi connectivity index (χ1n) is 9.01. The molecule has 0 bridgehead atoms. The first-order valence-corrected chi connectivity index (χ1v) is 9.01. The molecule has 144 valence electrons. The molecule has 0 unspecified atom stereocenters. The van der Waals surface area contributed by atoms with Crippen LogP contribution in [0.3, 0.4) is 0 Å². The Hall–Kier alpha value is -2.89. The second kappa shape index (κ2) is 10.3. The van der Waals surface area contributed by atoms with E-state index in [2.05, 4.69) is 5.32 Å². The molecule has 0 radical (unpaired) electrons. The highest BCUT2D eigenvalue weighted by atomic mass is 19.1. The molecule has 2 rings (SSSR count). The zero-order valence-electron chi connectivity index (χ0n) is 15.7. The molecule has 0 spiro atoms. The summed E-state index contributed by atoms with van der Waals surface area (Å²) >= 11 is 0. The van der Waals surface area contributed by atoms with Gasteiger partial charge in [-0.2, -0.15) is 0 Å². The van der Waals surface area contributed by atoms with E-state index in [4.69, 9.17) is 4.74 Å². The summed E-state index contributed by atoms with van der Waals surface area (Å²) in [7, 11) is 0. The van der Waals surface area contributed by atoms with Crippen LogP contribution in [-0.2, 0) is 16.1 Å². The average Bonchev–Trinajstić information content (AvgIpc) is 2.69. The highest BCUT2D eigenvalue weighted by molar-refractivity contribution is 5.87. The van der Waals surface area contributed by atoms with E-state index < -0.39 is 11.9 Å². The lowest BCUT2D eigenvalue weighted by molar-refractivity contribution is -0.142. The maximum absolute atomic E-state index is 13.7. The molecule has 27 heavy (non-hydrogen) atoms. The molecule has 1 N–H and O–H groups in total. The van der Waals surface area contributed by atoms with Crippen molar-refractivity contribution in [1.29, 1.82) is 0 Å². The quantitative estimate of drug-likeness (QED) is 0.736. The van der Waals surface area contributed by atoms with Crippen molar-refractivity contribution in [2.24, 2.45) is 0 Å². The molecule has 5 nitrogen and oxygen atoms in total. The lowest BCUT2D eigenvalue weighted by atomic mass is 10.1. The van der Waals surface area contributed by atoms with E-state index in [1.807, 2.05) is 37.3 Å². The highest BCUT2D eigenvalue weighted by Crippen LogP contribution is 2.16. The fourth-order valence-corrected chi connectivity index (χ4v) is 2.54. The van der Waals surface area contributed by atoms with Gasteiger partial charge >= 0.3 is 0 Å². The van der Waals surface area contributed by atoms with E-state index in [1.54, 1.807) is 19.1 Å². The Bertz CT molecular complexity index is 752. The molecule has 0 aliphatic rings. The number of nitrogens with one attached hydrogen (secondary N) is 1. The molecule has 6 heteroatoms. The number of carbonyl (C=O) groups excluding carboxylic acids is 2. The summed E-state index contributed by atoms with van der Waals surface area (Å²) in [6, 6.07) is 14.6. The second-order valence-corrected chi connectivity index (χ2v) is 6.19. The molecule has 2 aromatic carbocycles. The number of para-hydroxylation sites is 1. The van der Waals surface area contributed by atoms with E-state index >= 15 is 0 Å². The fraction of sp³-hybridized carbons (Fsp3) is 0.333. The number of amides is 2. The van der Waals surface area contributed by atoms with Crippen LogP contribution in [0.1, 0.15) is 25.8 Å². The Morgan fingerprint density at radius 2 is 1.78 bits per heavy atom. The normalized spacial score (nSPS) is 11.5. The Labute approximate surface area is 159 Å². The number of hydrogen-bond donors (Lipinski definition) is 1. The van der Waals surface area contributed by atoms with E-state index in [1.165, 1.54) is 17.0 Å². The third-order valence-corrected chi connectivity index (χ3v) is 4.10. The number of nitrogens with zero attached hydrogens (tertiary/aromatic N) is 1. The van der Waals surface area contributed by atoms with Crippen molar-refractivity contribution in [2.45, 2.75) is 32.9 Å². The van der Waals surface area contributed by atoms with Crippen LogP contribution in [0.25, 0.3) is 0 Å². The number of carbonyl (C=O) groups is 2. The molecule has 0 aliphatic heterocycles. The largest absolute Gasteiger partial charge is 0.481 e. The Kier molecular flexibility index (Phi) is 7.79. The minimum atomic E-state index is -0.673. The number of benzene rings is 2. The average molecular weight is 372 g/mol. The zero-order chi connectivity index (χ0) is 19.6. The van der Waals surface area contributed by atoms with Gasteiger partial charge in [-0.05, 0) is 31.0 Å². The fourth-order valence-electron chi connectivity index (χ4n) is 2.54. The van der Waals surface area contributed by atoms with E-state index in [0.29, 0.717) is 6.54 Å². The van der Waals surface area contributed by atoms with Crippen LogP contribution < -0.4 is 10.1 Å². The molecule has 2 aromatic rings. The molecule has 0 saturated carbocycles. The lowest BCUT2D eigenvalue weighted by Gasteiger charge is -2.28. The summed E-state index contributed by atoms with van der Waals surface area (Å²) in [5.74, 6) is -1.14. The summed E-state index contributed by atoms with van der Waals surface area (Å²) in [6.07, 6.45) is 0.807. The number of ether oxygens (including phenoxy) is 1. The minimum Gasteiger partial charge on any atom is -0.481 e. The van der Waals surface area contributed by atoms with E-state index in [9.17, 15) is 14.0 Å². The SMILES string of the molecule is CCCNC(=O)[C@H](C)N(Cc1ccccc1)C(=O)COc1ccccc1F. The van der Waals surface area contributed by atoms with Crippen LogP contribution >= 0.6 is 0 Å². The van der Waals surface area contributed by atoms with E-state index in [0.717, 1.165) is 12.0 Å². The highest BCUT2D eigenvalue weighted by Gasteiger charge is 2.26. The van der Waals surface area contributed by atoms with Gasteiger partial charge in [0, 0.05) is 13.1 Å². The molecule has 0 aliphatic carbocycles. The summed E-state index contributed by atoms with van der Waals surface area (Å²) in [5, 5.41) is 2.80. The minimum absolute atomic E-state index is 0.00796. The third-order valence-electron chi connectivity index (χ3n) is 4.10. The first kappa shape index (κ1) is 20.4. The van der Waals surface area contributed by atoms with Crippen molar-refractivity contribution >= 4 is 11.8 Å². The topological polar surface area (TPSA) is 58.6 Å². The van der Waals surface area contributed by atoms with Crippen molar-refractivity contribution < 1.29 is 18.7 Å². The molecule has 0 fully saturated rings. The number of rotatable bonds is 9. The van der Waals surface area contributed by atoms with Gasteiger partial charge in [0.1, 0.15) is 6.04 Å². The summed E-state index contributed by atoms with van der Waals surface area (Å²) in [4.78, 5) is 26.6. The monoisotopic (exact) mass is 372 g/mol. The first-order chi connectivity index (χ1) is 13.0. The molecule has 0 heterocycles. The van der Waals surface area contributed by atoms with Gasteiger partial charge < -0.3 is 15.0 Å². The smallest absolute Gasteiger partial charge is 0.261 e. The van der Waals surface area contributed by atoms with Crippen molar-refractivity contribution in [3.8, 4) is 5.75 Å². The predicted octanol–water partition coefficient (Wildman–Crippen LogP) is 3.15. The van der Waals surface area contributed by atoms with Crippen molar-refractivity contribution in [3.05, 3.63) is 66.0 Å². The van der Waals surface area contributed by atoms with Crippen LogP contribution in [0, 0.1) is 5.82 Å². The Morgan fingerprint density at radius 3 is 2.44 bits per heavy atom. The van der Waals surface area contributed by atoms with Gasteiger partial charge in [0.05, 0.1) is 0 Å². The molecule has 0 saturated heterocycles. The summed E-state index contributed by atoms with van der Waals surface area (Å²) < 4.78 is 19.0. The van der Waals surface area contributed by atoms with Gasteiger partial charge in [0.25, 0.3) is 5.91 Å². The molecule has 0 aromatic heterocycles. The van der Waals surface area contributed by atoms with Crippen LogP contribution in [0.2, 0.25) is 0 Å². The standard InChI is InChI=1S/C21H25FN2O3/c1-3-13-23-21(26)16(2)24(14-17-9-5-4-6-10-17)20(25)15-27-19-12-8-7-11-18(19)22/h4-12,16H,3,13-15H2,1-2H3,(H,23,26)/t16-/m0/s1. The van der Waals surface area contributed by atoms with Gasteiger partial charge in [-0.3, -0.25) is 9.59 Å². The zero-order valence-corrected chi connectivity index (χ0v) is 15.7. The van der Waals surface area contributed by atoms with Gasteiger partial charge in [-0.25, -0.2) is 4.39 Å². The third kappa shape index (κ3) is 6.09. The van der Waals surface area contributed by atoms with Crippen LogP contribution in [0.5, 0.6) is 5.75 Å². The molecular weight excluding hydrogens is 347 g/mol. The maximum atomic E-state index is 13.7. The van der Waals surface area contributed by atoms with Crippen molar-refractivity contribution in [2.75, 3.05) is 13.2 Å². The summed E-state index contributed by atoms with van der Waals surface area (Å²) in [5.41, 5.74) is 0.895. The van der Waals surface area contributed by atoms with E-state index in [-0.39, 0.29) is 30.7 Å². The number of hydrogen-bond acceptors (Lipinski definition) is 3. The number of halogens is 1. The summed E-state index contributed by atoms with van der Waals surface area (Å²) in [6.45, 7) is 4.09. The lowest BCUT2D eigenvalue weighted by Crippen LogP contribution is -2.49. The van der Waals surface area contributed by atoms with Crippen molar-refractivity contribution in [3.63, 3.8) is 0 Å². The van der Waals surface area contributed by atoms with Crippen LogP contribution in [-0.4, -0.2) is 35.9 Å². The van der Waals surface area contributed by atoms with Gasteiger partial charge in [0.2, 0.25) is 5.91 Å². The molecule has 1 atom stereocenters. The van der Waals surface area contributed by atoms with Crippen molar-refractivity contribution in [1.82, 2.24) is 10.2 Å². The molecular formula is C21H25FN2O3. The van der Waals surface area contributed by atoms with Gasteiger partial charge in [-0.15, -0.1) is 0 Å². The maximum Gasteiger partial charge on any atom is 0.261 e. The Morgan fingerprint density at radius 1 is 1.11 bits per heavy atom.